The van der Waals surface area contributed by atoms with E-state index in [9.17, 15) is 13.2 Å². The molecule has 4 rings (SSSR count). The number of nitrogens with one attached hydrogen (secondary N) is 1. The van der Waals surface area contributed by atoms with Crippen LogP contribution in [0.5, 0.6) is 0 Å². The van der Waals surface area contributed by atoms with Crippen molar-refractivity contribution in [1.82, 2.24) is 19.7 Å². The van der Waals surface area contributed by atoms with Crippen LogP contribution < -0.4 is 9.62 Å². The van der Waals surface area contributed by atoms with Crippen LogP contribution in [0.3, 0.4) is 0 Å². The number of rotatable bonds is 6. The van der Waals surface area contributed by atoms with Crippen molar-refractivity contribution in [2.45, 2.75) is 50.6 Å². The average Bonchev–Trinajstić information content (AvgIpc) is 3.27. The molecule has 1 amide bonds. The van der Waals surface area contributed by atoms with Crippen molar-refractivity contribution >= 4 is 21.6 Å². The van der Waals surface area contributed by atoms with Crippen LogP contribution in [0.25, 0.3) is 0 Å². The fourth-order valence-corrected chi connectivity index (χ4v) is 5.22. The van der Waals surface area contributed by atoms with Crippen LogP contribution in [-0.4, -0.2) is 41.9 Å². The molecule has 2 aromatic rings. The zero-order chi connectivity index (χ0) is 19.2. The number of sulfonamides is 1. The first-order valence-electron chi connectivity index (χ1n) is 9.18. The number of nitrogens with zero attached hydrogens (tertiary/aromatic N) is 4. The molecule has 1 atom stereocenters. The van der Waals surface area contributed by atoms with E-state index in [4.69, 9.17) is 0 Å². The molecule has 0 saturated carbocycles. The predicted octanol–water partition coefficient (Wildman–Crippen LogP) is 1.12. The summed E-state index contributed by atoms with van der Waals surface area (Å²) in [7, 11) is -3.69. The highest BCUT2D eigenvalue weighted by Gasteiger charge is 2.33. The van der Waals surface area contributed by atoms with Gasteiger partial charge in [0.1, 0.15) is 0 Å². The van der Waals surface area contributed by atoms with Crippen molar-refractivity contribution in [2.75, 3.05) is 11.4 Å². The van der Waals surface area contributed by atoms with Crippen LogP contribution in [0.1, 0.15) is 31.4 Å². The SMILES string of the molecule is CC(C)C(Cn1nccn1)NS(=O)(=O)c1cc2c3c(c1)CCN3C(=O)CC2. The third-order valence-electron chi connectivity index (χ3n) is 5.27. The van der Waals surface area contributed by atoms with E-state index in [1.807, 2.05) is 13.8 Å². The number of carbonyl (C=O) groups excluding carboxylic acids is 1. The van der Waals surface area contributed by atoms with E-state index in [1.54, 1.807) is 29.4 Å². The van der Waals surface area contributed by atoms with Crippen molar-refractivity contribution < 1.29 is 13.2 Å². The zero-order valence-electron chi connectivity index (χ0n) is 15.4. The normalized spacial score (nSPS) is 17.4. The largest absolute Gasteiger partial charge is 0.312 e. The Hall–Kier alpha value is -2.26. The molecule has 0 aliphatic carbocycles. The van der Waals surface area contributed by atoms with Crippen molar-refractivity contribution in [3.63, 3.8) is 0 Å². The molecule has 2 aliphatic heterocycles. The van der Waals surface area contributed by atoms with E-state index >= 15 is 0 Å². The van der Waals surface area contributed by atoms with Gasteiger partial charge in [-0.15, -0.1) is 0 Å². The fourth-order valence-electron chi connectivity index (χ4n) is 3.75. The second kappa shape index (κ2) is 6.72. The molecular weight excluding hydrogens is 366 g/mol. The van der Waals surface area contributed by atoms with Crippen molar-refractivity contribution in [1.29, 1.82) is 0 Å². The maximum atomic E-state index is 13.1. The molecule has 9 heteroatoms. The molecule has 144 valence electrons. The van der Waals surface area contributed by atoms with Crippen LogP contribution in [0.2, 0.25) is 0 Å². The topological polar surface area (TPSA) is 97.2 Å². The number of benzene rings is 1. The maximum Gasteiger partial charge on any atom is 0.240 e. The maximum absolute atomic E-state index is 13.1. The third-order valence-corrected chi connectivity index (χ3v) is 6.74. The summed E-state index contributed by atoms with van der Waals surface area (Å²) in [6.45, 7) is 4.93. The Morgan fingerprint density at radius 2 is 1.78 bits per heavy atom. The van der Waals surface area contributed by atoms with Crippen LogP contribution in [-0.2, 0) is 34.2 Å². The molecule has 0 bridgehead atoms. The van der Waals surface area contributed by atoms with Gasteiger partial charge in [0.2, 0.25) is 15.9 Å². The molecule has 1 N–H and O–H groups in total. The Labute approximate surface area is 158 Å². The monoisotopic (exact) mass is 389 g/mol. The van der Waals surface area contributed by atoms with Gasteiger partial charge in [-0.2, -0.15) is 15.0 Å². The number of anilines is 1. The predicted molar refractivity (Wildman–Crippen MR) is 99.8 cm³/mol. The molecule has 2 aliphatic rings. The minimum atomic E-state index is -3.69. The van der Waals surface area contributed by atoms with E-state index in [0.717, 1.165) is 16.8 Å². The van der Waals surface area contributed by atoms with Crippen molar-refractivity contribution in [2.24, 2.45) is 5.92 Å². The van der Waals surface area contributed by atoms with Gasteiger partial charge in [-0.05, 0) is 42.0 Å². The van der Waals surface area contributed by atoms with Crippen LogP contribution >= 0.6 is 0 Å². The van der Waals surface area contributed by atoms with Crippen molar-refractivity contribution in [3.05, 3.63) is 35.7 Å². The summed E-state index contributed by atoms with van der Waals surface area (Å²) in [5, 5.41) is 8.14. The van der Waals surface area contributed by atoms with Gasteiger partial charge in [0, 0.05) is 19.0 Å². The number of hydrogen-bond acceptors (Lipinski definition) is 5. The first kappa shape index (κ1) is 18.1. The quantitative estimate of drug-likeness (QED) is 0.798. The Kier molecular flexibility index (Phi) is 4.51. The minimum Gasteiger partial charge on any atom is -0.312 e. The second-order valence-corrected chi connectivity index (χ2v) is 9.16. The standard InChI is InChI=1S/C18H23N5O3S/c1-12(2)16(11-23-19-6-7-20-23)21-27(25,26)15-9-13-3-4-17(24)22-8-5-14(10-15)18(13)22/h6-7,9-10,12,16,21H,3-5,8,11H2,1-2H3. The van der Waals surface area contributed by atoms with Gasteiger partial charge in [-0.25, -0.2) is 13.1 Å². The molecular formula is C18H23N5O3S. The summed E-state index contributed by atoms with van der Waals surface area (Å²) in [4.78, 5) is 15.6. The van der Waals surface area contributed by atoms with E-state index in [1.165, 1.54) is 4.80 Å². The molecule has 0 spiro atoms. The lowest BCUT2D eigenvalue weighted by Crippen LogP contribution is -2.42. The number of aryl methyl sites for hydroxylation is 1. The van der Waals surface area contributed by atoms with Crippen LogP contribution in [0.15, 0.2) is 29.4 Å². The molecule has 1 aromatic carbocycles. The van der Waals surface area contributed by atoms with E-state index in [0.29, 0.717) is 32.4 Å². The molecule has 0 saturated heterocycles. The van der Waals surface area contributed by atoms with Gasteiger partial charge in [-0.1, -0.05) is 13.8 Å². The number of hydrogen-bond donors (Lipinski definition) is 1. The molecule has 8 nitrogen and oxygen atoms in total. The summed E-state index contributed by atoms with van der Waals surface area (Å²) in [5.74, 6) is 0.202. The lowest BCUT2D eigenvalue weighted by atomic mass is 10.00. The van der Waals surface area contributed by atoms with Gasteiger partial charge in [0.05, 0.1) is 29.5 Å². The summed E-state index contributed by atoms with van der Waals surface area (Å²) < 4.78 is 29.0. The van der Waals surface area contributed by atoms with Gasteiger partial charge in [-0.3, -0.25) is 4.79 Å². The molecule has 1 unspecified atom stereocenters. The second-order valence-electron chi connectivity index (χ2n) is 7.44. The Balaban J connectivity index is 1.63. The van der Waals surface area contributed by atoms with Gasteiger partial charge >= 0.3 is 0 Å². The minimum absolute atomic E-state index is 0.0756. The highest BCUT2D eigenvalue weighted by atomic mass is 32.2. The number of aromatic nitrogens is 3. The number of amides is 1. The molecule has 3 heterocycles. The van der Waals surface area contributed by atoms with Gasteiger partial charge in [0.15, 0.2) is 0 Å². The highest BCUT2D eigenvalue weighted by Crippen LogP contribution is 2.38. The Morgan fingerprint density at radius 1 is 1.11 bits per heavy atom. The average molecular weight is 389 g/mol. The first-order valence-corrected chi connectivity index (χ1v) is 10.7. The van der Waals surface area contributed by atoms with E-state index < -0.39 is 10.0 Å². The van der Waals surface area contributed by atoms with E-state index in [2.05, 4.69) is 14.9 Å². The third kappa shape index (κ3) is 3.37. The highest BCUT2D eigenvalue weighted by molar-refractivity contribution is 7.89. The molecule has 1 aromatic heterocycles. The first-order chi connectivity index (χ1) is 12.8. The zero-order valence-corrected chi connectivity index (χ0v) is 16.2. The smallest absolute Gasteiger partial charge is 0.240 e. The molecule has 0 fully saturated rings. The molecule has 27 heavy (non-hydrogen) atoms. The lowest BCUT2D eigenvalue weighted by molar-refractivity contribution is -0.118. The van der Waals surface area contributed by atoms with Gasteiger partial charge in [0.25, 0.3) is 0 Å². The summed E-state index contributed by atoms with van der Waals surface area (Å²) in [6, 6.07) is 3.10. The Morgan fingerprint density at radius 3 is 2.44 bits per heavy atom. The summed E-state index contributed by atoms with van der Waals surface area (Å²) >= 11 is 0. The summed E-state index contributed by atoms with van der Waals surface area (Å²) in [6.07, 6.45) is 4.87. The van der Waals surface area contributed by atoms with Crippen LogP contribution in [0, 0.1) is 5.92 Å². The lowest BCUT2D eigenvalue weighted by Gasteiger charge is -2.26. The summed E-state index contributed by atoms with van der Waals surface area (Å²) in [5.41, 5.74) is 2.81. The number of carbonyl (C=O) groups is 1. The van der Waals surface area contributed by atoms with E-state index in [-0.39, 0.29) is 22.8 Å². The Bertz CT molecular complexity index is 969. The fraction of sp³-hybridized carbons (Fsp3) is 0.500. The van der Waals surface area contributed by atoms with Crippen molar-refractivity contribution in [3.8, 4) is 0 Å². The molecule has 0 radical (unpaired) electrons. The van der Waals surface area contributed by atoms with Crippen LogP contribution in [0.4, 0.5) is 5.69 Å². The van der Waals surface area contributed by atoms with Gasteiger partial charge < -0.3 is 4.90 Å².